The Bertz CT molecular complexity index is 859. The molecule has 0 atom stereocenters. The lowest BCUT2D eigenvalue weighted by Crippen LogP contribution is -1.96. The molecule has 0 amide bonds. The second kappa shape index (κ2) is 7.31. The zero-order valence-electron chi connectivity index (χ0n) is 14.6. The van der Waals surface area contributed by atoms with E-state index in [1.54, 1.807) is 27.5 Å². The smallest absolute Gasteiger partial charge is 0.259 e. The third-order valence-corrected chi connectivity index (χ3v) is 3.65. The minimum atomic E-state index is 0.301. The first-order valence-electron chi connectivity index (χ1n) is 7.67. The van der Waals surface area contributed by atoms with Crippen LogP contribution in [0.2, 0.25) is 0 Å². The van der Waals surface area contributed by atoms with Crippen molar-refractivity contribution < 1.29 is 18.7 Å². The van der Waals surface area contributed by atoms with E-state index in [4.69, 9.17) is 18.7 Å². The predicted octanol–water partition coefficient (Wildman–Crippen LogP) is 3.27. The summed E-state index contributed by atoms with van der Waals surface area (Å²) in [6.07, 6.45) is 1.69. The molecular formula is C18H19N3O4. The second-order valence-corrected chi connectivity index (χ2v) is 5.43. The van der Waals surface area contributed by atoms with Gasteiger partial charge in [-0.3, -0.25) is 4.98 Å². The predicted molar refractivity (Wildman–Crippen MR) is 91.5 cm³/mol. The fourth-order valence-corrected chi connectivity index (χ4v) is 2.53. The van der Waals surface area contributed by atoms with Crippen molar-refractivity contribution in [3.63, 3.8) is 0 Å². The maximum Gasteiger partial charge on any atom is 0.259 e. The van der Waals surface area contributed by atoms with Crippen molar-refractivity contribution in [2.75, 3.05) is 21.3 Å². The van der Waals surface area contributed by atoms with Gasteiger partial charge in [0.2, 0.25) is 0 Å². The highest BCUT2D eigenvalue weighted by atomic mass is 16.5. The molecule has 3 rings (SSSR count). The van der Waals surface area contributed by atoms with Crippen molar-refractivity contribution in [2.45, 2.75) is 13.5 Å². The quantitative estimate of drug-likeness (QED) is 0.680. The van der Waals surface area contributed by atoms with Gasteiger partial charge < -0.3 is 18.7 Å². The zero-order valence-corrected chi connectivity index (χ0v) is 14.6. The van der Waals surface area contributed by atoms with Crippen molar-refractivity contribution in [2.24, 2.45) is 0 Å². The molecule has 0 aliphatic rings. The average molecular weight is 341 g/mol. The number of hydrogen-bond acceptors (Lipinski definition) is 7. The summed E-state index contributed by atoms with van der Waals surface area (Å²) < 4.78 is 21.1. The Balaban J connectivity index is 1.96. The number of pyridine rings is 1. The van der Waals surface area contributed by atoms with Gasteiger partial charge in [-0.25, -0.2) is 0 Å². The van der Waals surface area contributed by atoms with Crippen LogP contribution in [0.25, 0.3) is 22.7 Å². The van der Waals surface area contributed by atoms with Crippen LogP contribution in [0.15, 0.2) is 35.0 Å². The highest BCUT2D eigenvalue weighted by molar-refractivity contribution is 5.73. The van der Waals surface area contributed by atoms with Crippen LogP contribution in [0, 0.1) is 6.92 Å². The summed E-state index contributed by atoms with van der Waals surface area (Å²) in [5.41, 5.74) is 3.41. The van der Waals surface area contributed by atoms with Gasteiger partial charge in [-0.05, 0) is 36.8 Å². The fourth-order valence-electron chi connectivity index (χ4n) is 2.53. The molecule has 130 valence electrons. The number of aromatic nitrogens is 3. The number of aryl methyl sites for hydroxylation is 1. The van der Waals surface area contributed by atoms with Crippen molar-refractivity contribution in [3.8, 4) is 34.2 Å². The molecule has 3 aromatic rings. The van der Waals surface area contributed by atoms with Crippen LogP contribution in [0.1, 0.15) is 11.4 Å². The highest BCUT2D eigenvalue weighted by Gasteiger charge is 2.15. The van der Waals surface area contributed by atoms with Gasteiger partial charge in [0.1, 0.15) is 6.61 Å². The maximum atomic E-state index is 5.50. The molecule has 2 aromatic heterocycles. The largest absolute Gasteiger partial charge is 0.493 e. The standard InChI is InChI=1S/C18H19N3O4/c1-11-7-13(17(24-4)15(8-11)23-3)14-6-5-12(9-19-14)18-20-16(10-22-2)21-25-18/h5-9H,10H2,1-4H3. The van der Waals surface area contributed by atoms with E-state index in [0.717, 1.165) is 22.4 Å². The molecule has 0 bridgehead atoms. The number of hydrogen-bond donors (Lipinski definition) is 0. The van der Waals surface area contributed by atoms with E-state index in [0.29, 0.717) is 29.8 Å². The van der Waals surface area contributed by atoms with Gasteiger partial charge in [-0.1, -0.05) is 5.16 Å². The lowest BCUT2D eigenvalue weighted by atomic mass is 10.1. The summed E-state index contributed by atoms with van der Waals surface area (Å²) in [5, 5.41) is 3.85. The van der Waals surface area contributed by atoms with Gasteiger partial charge in [-0.2, -0.15) is 4.98 Å². The summed E-state index contributed by atoms with van der Waals surface area (Å²) >= 11 is 0. The van der Waals surface area contributed by atoms with Crippen LogP contribution in [-0.4, -0.2) is 36.5 Å². The van der Waals surface area contributed by atoms with Crippen LogP contribution in [-0.2, 0) is 11.3 Å². The fraction of sp³-hybridized carbons (Fsp3) is 0.278. The molecule has 2 heterocycles. The number of nitrogens with zero attached hydrogens (tertiary/aromatic N) is 3. The van der Waals surface area contributed by atoms with E-state index in [-0.39, 0.29) is 0 Å². The third kappa shape index (κ3) is 3.46. The van der Waals surface area contributed by atoms with Crippen LogP contribution >= 0.6 is 0 Å². The molecule has 0 fully saturated rings. The van der Waals surface area contributed by atoms with Crippen LogP contribution in [0.4, 0.5) is 0 Å². The van der Waals surface area contributed by atoms with Crippen molar-refractivity contribution in [1.29, 1.82) is 0 Å². The van der Waals surface area contributed by atoms with Crippen LogP contribution in [0.3, 0.4) is 0 Å². The number of ether oxygens (including phenoxy) is 3. The molecule has 0 unspecified atom stereocenters. The van der Waals surface area contributed by atoms with E-state index in [1.807, 2.05) is 31.2 Å². The lowest BCUT2D eigenvalue weighted by Gasteiger charge is -2.13. The Morgan fingerprint density at radius 3 is 2.56 bits per heavy atom. The van der Waals surface area contributed by atoms with Gasteiger partial charge in [0, 0.05) is 18.9 Å². The molecule has 0 spiro atoms. The SMILES string of the molecule is COCc1noc(-c2ccc(-c3cc(C)cc(OC)c3OC)nc2)n1. The normalized spacial score (nSPS) is 10.7. The molecule has 0 aliphatic carbocycles. The average Bonchev–Trinajstić information content (AvgIpc) is 3.10. The third-order valence-electron chi connectivity index (χ3n) is 3.65. The van der Waals surface area contributed by atoms with Gasteiger partial charge in [0.05, 0.1) is 25.5 Å². The van der Waals surface area contributed by atoms with E-state index in [9.17, 15) is 0 Å². The molecule has 0 saturated carbocycles. The van der Waals surface area contributed by atoms with Crippen LogP contribution in [0.5, 0.6) is 11.5 Å². The van der Waals surface area contributed by atoms with Gasteiger partial charge in [0.25, 0.3) is 5.89 Å². The van der Waals surface area contributed by atoms with Gasteiger partial charge in [-0.15, -0.1) is 0 Å². The summed E-state index contributed by atoms with van der Waals surface area (Å²) in [6, 6.07) is 7.69. The first-order valence-corrected chi connectivity index (χ1v) is 7.67. The molecule has 25 heavy (non-hydrogen) atoms. The van der Waals surface area contributed by atoms with Crippen molar-refractivity contribution >= 4 is 0 Å². The lowest BCUT2D eigenvalue weighted by molar-refractivity contribution is 0.174. The van der Waals surface area contributed by atoms with Gasteiger partial charge in [0.15, 0.2) is 17.3 Å². The summed E-state index contributed by atoms with van der Waals surface area (Å²) in [5.74, 6) is 2.21. The number of rotatable bonds is 6. The molecule has 7 nitrogen and oxygen atoms in total. The first kappa shape index (κ1) is 16.9. The second-order valence-electron chi connectivity index (χ2n) is 5.43. The van der Waals surface area contributed by atoms with E-state index >= 15 is 0 Å². The molecule has 0 aliphatic heterocycles. The molecule has 1 aromatic carbocycles. The summed E-state index contributed by atoms with van der Waals surface area (Å²) in [6.45, 7) is 2.30. The van der Waals surface area contributed by atoms with Crippen molar-refractivity contribution in [1.82, 2.24) is 15.1 Å². The Morgan fingerprint density at radius 2 is 1.92 bits per heavy atom. The maximum absolute atomic E-state index is 5.50. The van der Waals surface area contributed by atoms with E-state index in [1.165, 1.54) is 0 Å². The zero-order chi connectivity index (χ0) is 17.8. The minimum absolute atomic E-state index is 0.301. The van der Waals surface area contributed by atoms with E-state index in [2.05, 4.69) is 15.1 Å². The molecule has 7 heteroatoms. The van der Waals surface area contributed by atoms with Crippen LogP contribution < -0.4 is 9.47 Å². The molecule has 0 N–H and O–H groups in total. The highest BCUT2D eigenvalue weighted by Crippen LogP contribution is 2.38. The van der Waals surface area contributed by atoms with E-state index < -0.39 is 0 Å². The Labute approximate surface area is 145 Å². The Hall–Kier alpha value is -2.93. The monoisotopic (exact) mass is 341 g/mol. The molecule has 0 saturated heterocycles. The Morgan fingerprint density at radius 1 is 1.08 bits per heavy atom. The Kier molecular flexibility index (Phi) is 4.95. The summed E-state index contributed by atoms with van der Waals surface area (Å²) in [7, 11) is 4.81. The van der Waals surface area contributed by atoms with Gasteiger partial charge >= 0.3 is 0 Å². The first-order chi connectivity index (χ1) is 12.2. The summed E-state index contributed by atoms with van der Waals surface area (Å²) in [4.78, 5) is 8.77. The molecular weight excluding hydrogens is 322 g/mol. The minimum Gasteiger partial charge on any atom is -0.493 e. The topological polar surface area (TPSA) is 79.5 Å². The number of methoxy groups -OCH3 is 3. The van der Waals surface area contributed by atoms with Crippen molar-refractivity contribution in [3.05, 3.63) is 41.9 Å². The number of benzene rings is 1. The molecule has 0 radical (unpaired) electrons.